The Morgan fingerprint density at radius 2 is 1.88 bits per heavy atom. The van der Waals surface area contributed by atoms with Gasteiger partial charge in [0.05, 0.1) is 5.92 Å². The van der Waals surface area contributed by atoms with Crippen LogP contribution in [0.4, 0.5) is 5.13 Å². The zero-order valence-electron chi connectivity index (χ0n) is 13.9. The molecule has 0 spiro atoms. The average Bonchev–Trinajstić information content (AvgIpc) is 3.05. The molecule has 1 aromatic heterocycles. The Hall–Kier alpha value is -2.17. The molecule has 1 amide bonds. The fraction of sp³-hybridized carbons (Fsp3) is 0.200. The second-order valence-electron chi connectivity index (χ2n) is 5.80. The number of aromatic nitrogens is 1. The second-order valence-corrected chi connectivity index (χ2v) is 7.35. The van der Waals surface area contributed by atoms with Crippen molar-refractivity contribution in [2.24, 2.45) is 0 Å². The molecule has 0 radical (unpaired) electrons. The molecule has 0 bridgehead atoms. The molecule has 0 saturated heterocycles. The normalized spacial score (nSPS) is 11.9. The van der Waals surface area contributed by atoms with Gasteiger partial charge in [-0.3, -0.25) is 4.79 Å². The lowest BCUT2D eigenvalue weighted by Gasteiger charge is -2.14. The molecule has 0 aliphatic rings. The Labute approximate surface area is 156 Å². The number of hydrogen-bond donors (Lipinski definition) is 1. The highest BCUT2D eigenvalue weighted by molar-refractivity contribution is 7.15. The van der Waals surface area contributed by atoms with Crippen LogP contribution in [0.1, 0.15) is 35.3 Å². The van der Waals surface area contributed by atoms with Crippen LogP contribution in [0.2, 0.25) is 5.02 Å². The highest BCUT2D eigenvalue weighted by atomic mass is 35.5. The molecule has 2 aromatic carbocycles. The summed E-state index contributed by atoms with van der Waals surface area (Å²) in [5.74, 6) is -0.175. The molecular formula is C20H19ClN2OS. The van der Waals surface area contributed by atoms with E-state index in [9.17, 15) is 4.79 Å². The van der Waals surface area contributed by atoms with E-state index in [1.54, 1.807) is 0 Å². The number of nitrogens with zero attached hydrogens (tertiary/aromatic N) is 1. The maximum Gasteiger partial charge on any atom is 0.233 e. The highest BCUT2D eigenvalue weighted by Gasteiger charge is 2.19. The van der Waals surface area contributed by atoms with Crippen LogP contribution in [0.3, 0.4) is 0 Å². The van der Waals surface area contributed by atoms with Crippen molar-refractivity contribution in [3.05, 3.63) is 81.8 Å². The lowest BCUT2D eigenvalue weighted by atomic mass is 9.96. The van der Waals surface area contributed by atoms with E-state index in [0.29, 0.717) is 5.13 Å². The van der Waals surface area contributed by atoms with Gasteiger partial charge in [-0.05, 0) is 29.7 Å². The van der Waals surface area contributed by atoms with Gasteiger partial charge in [-0.25, -0.2) is 4.98 Å². The lowest BCUT2D eigenvalue weighted by Crippen LogP contribution is -2.20. The monoisotopic (exact) mass is 370 g/mol. The third-order valence-electron chi connectivity index (χ3n) is 4.00. The van der Waals surface area contributed by atoms with E-state index in [4.69, 9.17) is 11.6 Å². The summed E-state index contributed by atoms with van der Waals surface area (Å²) < 4.78 is 0. The second kappa shape index (κ2) is 8.28. The average molecular weight is 371 g/mol. The molecule has 1 unspecified atom stereocenters. The van der Waals surface area contributed by atoms with Crippen molar-refractivity contribution in [3.63, 3.8) is 0 Å². The van der Waals surface area contributed by atoms with E-state index in [2.05, 4.69) is 10.3 Å². The van der Waals surface area contributed by atoms with Gasteiger partial charge in [0, 0.05) is 22.5 Å². The summed E-state index contributed by atoms with van der Waals surface area (Å²) in [5.41, 5.74) is 2.20. The van der Waals surface area contributed by atoms with Crippen LogP contribution >= 0.6 is 22.9 Å². The van der Waals surface area contributed by atoms with Crippen molar-refractivity contribution >= 4 is 34.0 Å². The Kier molecular flexibility index (Phi) is 5.84. The largest absolute Gasteiger partial charge is 0.301 e. The molecule has 1 heterocycles. The topological polar surface area (TPSA) is 42.0 Å². The SMILES string of the molecule is CCC(C(=O)Nc1ncc(Cc2ccc(Cl)cc2)s1)c1ccccc1. The highest BCUT2D eigenvalue weighted by Crippen LogP contribution is 2.25. The molecule has 3 rings (SSSR count). The van der Waals surface area contributed by atoms with Crippen molar-refractivity contribution in [1.82, 2.24) is 4.98 Å². The molecule has 1 atom stereocenters. The number of nitrogens with one attached hydrogen (secondary N) is 1. The minimum Gasteiger partial charge on any atom is -0.301 e. The van der Waals surface area contributed by atoms with Crippen molar-refractivity contribution in [2.75, 3.05) is 5.32 Å². The summed E-state index contributed by atoms with van der Waals surface area (Å²) in [5, 5.41) is 4.33. The minimum atomic E-state index is -0.162. The fourth-order valence-electron chi connectivity index (χ4n) is 2.70. The number of carbonyl (C=O) groups excluding carboxylic acids is 1. The lowest BCUT2D eigenvalue weighted by molar-refractivity contribution is -0.117. The van der Waals surface area contributed by atoms with E-state index in [1.165, 1.54) is 16.9 Å². The fourth-order valence-corrected chi connectivity index (χ4v) is 3.68. The van der Waals surface area contributed by atoms with E-state index in [-0.39, 0.29) is 11.8 Å². The van der Waals surface area contributed by atoms with Gasteiger partial charge in [0.25, 0.3) is 0 Å². The van der Waals surface area contributed by atoms with Gasteiger partial charge in [0.15, 0.2) is 5.13 Å². The smallest absolute Gasteiger partial charge is 0.233 e. The Bertz CT molecular complexity index is 830. The van der Waals surface area contributed by atoms with E-state index in [1.807, 2.05) is 67.7 Å². The maximum absolute atomic E-state index is 12.6. The molecule has 1 N–H and O–H groups in total. The van der Waals surface area contributed by atoms with Gasteiger partial charge >= 0.3 is 0 Å². The first-order valence-corrected chi connectivity index (χ1v) is 9.40. The molecule has 0 aliphatic heterocycles. The first-order valence-electron chi connectivity index (χ1n) is 8.20. The number of anilines is 1. The third kappa shape index (κ3) is 4.68. The molecule has 3 nitrogen and oxygen atoms in total. The van der Waals surface area contributed by atoms with Crippen LogP contribution in [-0.4, -0.2) is 10.9 Å². The molecule has 128 valence electrons. The number of hydrogen-bond acceptors (Lipinski definition) is 3. The van der Waals surface area contributed by atoms with E-state index >= 15 is 0 Å². The molecule has 5 heteroatoms. The predicted octanol–water partition coefficient (Wildman–Crippen LogP) is 5.52. The molecular weight excluding hydrogens is 352 g/mol. The summed E-state index contributed by atoms with van der Waals surface area (Å²) >= 11 is 7.42. The van der Waals surface area contributed by atoms with Crippen molar-refractivity contribution in [2.45, 2.75) is 25.7 Å². The Morgan fingerprint density at radius 1 is 1.16 bits per heavy atom. The summed E-state index contributed by atoms with van der Waals surface area (Å²) in [6, 6.07) is 17.6. The predicted molar refractivity (Wildman–Crippen MR) is 104 cm³/mol. The summed E-state index contributed by atoms with van der Waals surface area (Å²) in [6.45, 7) is 2.02. The van der Waals surface area contributed by atoms with Crippen LogP contribution in [0.5, 0.6) is 0 Å². The third-order valence-corrected chi connectivity index (χ3v) is 5.17. The molecule has 0 aliphatic carbocycles. The zero-order chi connectivity index (χ0) is 17.6. The Morgan fingerprint density at radius 3 is 2.56 bits per heavy atom. The molecule has 3 aromatic rings. The number of amides is 1. The van der Waals surface area contributed by atoms with Gasteiger partial charge in [0.1, 0.15) is 0 Å². The van der Waals surface area contributed by atoms with Crippen LogP contribution < -0.4 is 5.32 Å². The number of rotatable bonds is 6. The van der Waals surface area contributed by atoms with Gasteiger partial charge in [-0.2, -0.15) is 0 Å². The molecule has 0 saturated carbocycles. The van der Waals surface area contributed by atoms with E-state index < -0.39 is 0 Å². The van der Waals surface area contributed by atoms with Crippen molar-refractivity contribution in [3.8, 4) is 0 Å². The maximum atomic E-state index is 12.6. The number of carbonyl (C=O) groups is 1. The number of benzene rings is 2. The summed E-state index contributed by atoms with van der Waals surface area (Å²) in [4.78, 5) is 18.0. The van der Waals surface area contributed by atoms with Crippen LogP contribution in [0.25, 0.3) is 0 Å². The van der Waals surface area contributed by atoms with Gasteiger partial charge in [0.2, 0.25) is 5.91 Å². The molecule has 25 heavy (non-hydrogen) atoms. The van der Waals surface area contributed by atoms with Gasteiger partial charge in [-0.15, -0.1) is 11.3 Å². The standard InChI is InChI=1S/C20H19ClN2OS/c1-2-18(15-6-4-3-5-7-15)19(24)23-20-22-13-17(25-20)12-14-8-10-16(21)11-9-14/h3-11,13,18H,2,12H2,1H3,(H,22,23,24). The zero-order valence-corrected chi connectivity index (χ0v) is 15.5. The van der Waals surface area contributed by atoms with Gasteiger partial charge in [-0.1, -0.05) is 61.0 Å². The quantitative estimate of drug-likeness (QED) is 0.620. The van der Waals surface area contributed by atoms with Crippen LogP contribution in [0, 0.1) is 0 Å². The minimum absolute atomic E-state index is 0.0129. The van der Waals surface area contributed by atoms with Crippen LogP contribution in [0.15, 0.2) is 60.8 Å². The molecule has 0 fully saturated rings. The Balaban J connectivity index is 1.66. The number of thiazole rings is 1. The summed E-state index contributed by atoms with van der Waals surface area (Å²) in [6.07, 6.45) is 3.35. The summed E-state index contributed by atoms with van der Waals surface area (Å²) in [7, 11) is 0. The van der Waals surface area contributed by atoms with Crippen molar-refractivity contribution < 1.29 is 4.79 Å². The first-order chi connectivity index (χ1) is 12.2. The van der Waals surface area contributed by atoms with Crippen LogP contribution in [-0.2, 0) is 11.2 Å². The first kappa shape index (κ1) is 17.6. The van der Waals surface area contributed by atoms with Crippen molar-refractivity contribution in [1.29, 1.82) is 0 Å². The van der Waals surface area contributed by atoms with Gasteiger partial charge < -0.3 is 5.32 Å². The number of halogens is 1. The van der Waals surface area contributed by atoms with E-state index in [0.717, 1.165) is 28.3 Å².